The zero-order valence-electron chi connectivity index (χ0n) is 18.5. The van der Waals surface area contributed by atoms with E-state index in [9.17, 15) is 0 Å². The van der Waals surface area contributed by atoms with Gasteiger partial charge < -0.3 is 0 Å². The van der Waals surface area contributed by atoms with Gasteiger partial charge in [-0.3, -0.25) is 0 Å². The predicted molar refractivity (Wildman–Crippen MR) is 152 cm³/mol. The predicted octanol–water partition coefficient (Wildman–Crippen LogP) is 6.11. The van der Waals surface area contributed by atoms with Gasteiger partial charge in [0.2, 0.25) is 0 Å². The standard InChI is InChI=1S/C32H21BrSi/c33-29-13-7-15-31-32(29)28-12-5-6-14-30(28)34(31,26-18-16-22-8-1-3-10-24(22)20-26)27-19-17-23-9-2-4-11-25(23)21-27/h1-21H. The van der Waals surface area contributed by atoms with Gasteiger partial charge in [0.05, 0.1) is 0 Å². The van der Waals surface area contributed by atoms with Crippen LogP contribution in [0.1, 0.15) is 0 Å². The molecule has 1 aliphatic heterocycles. The molecular formula is C32H21BrSi. The molecule has 34 heavy (non-hydrogen) atoms. The van der Waals surface area contributed by atoms with Gasteiger partial charge in [-0.2, -0.15) is 0 Å². The Morgan fingerprint density at radius 1 is 0.441 bits per heavy atom. The Hall–Kier alpha value is -3.46. The first-order chi connectivity index (χ1) is 16.8. The van der Waals surface area contributed by atoms with Crippen molar-refractivity contribution >= 4 is 66.3 Å². The first-order valence-electron chi connectivity index (χ1n) is 11.6. The molecule has 7 rings (SSSR count). The Kier molecular flexibility index (Phi) is 4.42. The summed E-state index contributed by atoms with van der Waals surface area (Å²) in [4.78, 5) is 0. The Labute approximate surface area is 208 Å². The van der Waals surface area contributed by atoms with E-state index in [1.54, 1.807) is 0 Å². The van der Waals surface area contributed by atoms with E-state index in [-0.39, 0.29) is 0 Å². The van der Waals surface area contributed by atoms with E-state index in [0.29, 0.717) is 0 Å². The lowest BCUT2D eigenvalue weighted by Crippen LogP contribution is -2.72. The molecule has 0 nitrogen and oxygen atoms in total. The van der Waals surface area contributed by atoms with Crippen LogP contribution in [-0.2, 0) is 0 Å². The average molecular weight is 514 g/mol. The Morgan fingerprint density at radius 2 is 0.971 bits per heavy atom. The minimum Gasteiger partial charge on any atom is -0.0623 e. The topological polar surface area (TPSA) is 0 Å². The summed E-state index contributed by atoms with van der Waals surface area (Å²) in [5.41, 5.74) is 2.71. The van der Waals surface area contributed by atoms with Crippen LogP contribution in [-0.4, -0.2) is 8.07 Å². The van der Waals surface area contributed by atoms with Crippen LogP contribution in [0.25, 0.3) is 32.7 Å². The lowest BCUT2D eigenvalue weighted by Gasteiger charge is -2.32. The zero-order valence-corrected chi connectivity index (χ0v) is 21.1. The highest BCUT2D eigenvalue weighted by molar-refractivity contribution is 9.10. The van der Waals surface area contributed by atoms with Crippen LogP contribution in [0.15, 0.2) is 132 Å². The SMILES string of the molecule is Brc1cccc2c1-c1ccccc1[Si]2(c1ccc2ccccc2c1)c1ccc2ccccc2c1. The van der Waals surface area contributed by atoms with Crippen LogP contribution in [0.5, 0.6) is 0 Å². The molecule has 1 aliphatic rings. The van der Waals surface area contributed by atoms with Crippen molar-refractivity contribution in [1.29, 1.82) is 0 Å². The lowest BCUT2D eigenvalue weighted by molar-refractivity contribution is 1.66. The number of rotatable bonds is 2. The zero-order chi connectivity index (χ0) is 22.7. The first kappa shape index (κ1) is 20.0. The number of halogens is 1. The molecule has 0 N–H and O–H groups in total. The highest BCUT2D eigenvalue weighted by Gasteiger charge is 2.49. The van der Waals surface area contributed by atoms with Gasteiger partial charge in [0, 0.05) is 4.47 Å². The smallest absolute Gasteiger partial charge is 0.0623 e. The molecule has 0 fully saturated rings. The maximum absolute atomic E-state index is 3.92. The molecule has 0 bridgehead atoms. The second-order valence-electron chi connectivity index (χ2n) is 9.08. The van der Waals surface area contributed by atoms with Crippen molar-refractivity contribution < 1.29 is 0 Å². The summed E-state index contributed by atoms with van der Waals surface area (Å²) in [7, 11) is -2.52. The summed E-state index contributed by atoms with van der Waals surface area (Å²) in [6, 6.07) is 47.5. The molecule has 160 valence electrons. The lowest BCUT2D eigenvalue weighted by atomic mass is 10.1. The van der Waals surface area contributed by atoms with Gasteiger partial charge in [0.1, 0.15) is 0 Å². The summed E-state index contributed by atoms with van der Waals surface area (Å²) in [6.45, 7) is 0. The normalized spacial score (nSPS) is 13.7. The van der Waals surface area contributed by atoms with E-state index in [4.69, 9.17) is 0 Å². The van der Waals surface area contributed by atoms with Crippen molar-refractivity contribution in [2.75, 3.05) is 0 Å². The molecule has 0 unspecified atom stereocenters. The largest absolute Gasteiger partial charge is 0.180 e. The summed E-state index contributed by atoms with van der Waals surface area (Å²) < 4.78 is 1.17. The molecule has 0 saturated heterocycles. The van der Waals surface area contributed by atoms with Crippen LogP contribution in [0.4, 0.5) is 0 Å². The van der Waals surface area contributed by atoms with Crippen LogP contribution >= 0.6 is 15.9 Å². The fourth-order valence-electron chi connectivity index (χ4n) is 5.92. The number of fused-ring (bicyclic) bond motifs is 5. The molecule has 2 heteroatoms. The minimum absolute atomic E-state index is 1.17. The second-order valence-corrected chi connectivity index (χ2v) is 13.7. The Bertz CT molecular complexity index is 1650. The van der Waals surface area contributed by atoms with Crippen molar-refractivity contribution in [3.63, 3.8) is 0 Å². The Morgan fingerprint density at radius 3 is 1.62 bits per heavy atom. The third-order valence-electron chi connectivity index (χ3n) is 7.38. The molecule has 6 aromatic rings. The van der Waals surface area contributed by atoms with Crippen molar-refractivity contribution in [2.45, 2.75) is 0 Å². The fraction of sp³-hybridized carbons (Fsp3) is 0. The fourth-order valence-corrected chi connectivity index (χ4v) is 11.9. The van der Waals surface area contributed by atoms with E-state index < -0.39 is 8.07 Å². The first-order valence-corrected chi connectivity index (χ1v) is 14.4. The highest BCUT2D eigenvalue weighted by atomic mass is 79.9. The van der Waals surface area contributed by atoms with Crippen LogP contribution in [0, 0.1) is 0 Å². The van der Waals surface area contributed by atoms with Crippen LogP contribution in [0.2, 0.25) is 0 Å². The van der Waals surface area contributed by atoms with E-state index in [1.807, 2.05) is 0 Å². The molecule has 0 atom stereocenters. The van der Waals surface area contributed by atoms with Gasteiger partial charge in [-0.15, -0.1) is 0 Å². The van der Waals surface area contributed by atoms with Crippen molar-refractivity contribution in [3.05, 3.63) is 132 Å². The average Bonchev–Trinajstić information content (AvgIpc) is 3.20. The summed E-state index contributed by atoms with van der Waals surface area (Å²) in [5, 5.41) is 11.0. The van der Waals surface area contributed by atoms with Gasteiger partial charge in [-0.05, 0) is 59.5 Å². The van der Waals surface area contributed by atoms with Gasteiger partial charge in [-0.1, -0.05) is 137 Å². The molecule has 0 aromatic heterocycles. The minimum atomic E-state index is -2.52. The van der Waals surface area contributed by atoms with E-state index in [1.165, 1.54) is 57.9 Å². The molecule has 0 saturated carbocycles. The molecule has 6 aromatic carbocycles. The summed E-state index contributed by atoms with van der Waals surface area (Å²) in [6.07, 6.45) is 0. The summed E-state index contributed by atoms with van der Waals surface area (Å²) >= 11 is 3.92. The monoisotopic (exact) mass is 512 g/mol. The number of benzene rings is 6. The molecule has 0 aliphatic carbocycles. The molecule has 1 heterocycles. The quantitative estimate of drug-likeness (QED) is 0.245. The van der Waals surface area contributed by atoms with Crippen LogP contribution < -0.4 is 20.7 Å². The maximum atomic E-state index is 3.92. The third kappa shape index (κ3) is 2.70. The molecular weight excluding hydrogens is 492 g/mol. The van der Waals surface area contributed by atoms with Crippen molar-refractivity contribution in [2.24, 2.45) is 0 Å². The molecule has 0 amide bonds. The van der Waals surface area contributed by atoms with Gasteiger partial charge in [-0.25, -0.2) is 0 Å². The third-order valence-corrected chi connectivity index (χ3v) is 12.9. The van der Waals surface area contributed by atoms with Crippen molar-refractivity contribution in [3.8, 4) is 11.1 Å². The molecule has 0 spiro atoms. The van der Waals surface area contributed by atoms with E-state index >= 15 is 0 Å². The van der Waals surface area contributed by atoms with Crippen LogP contribution in [0.3, 0.4) is 0 Å². The van der Waals surface area contributed by atoms with Gasteiger partial charge in [0.15, 0.2) is 8.07 Å². The van der Waals surface area contributed by atoms with E-state index in [0.717, 1.165) is 0 Å². The molecule has 0 radical (unpaired) electrons. The number of hydrogen-bond acceptors (Lipinski definition) is 0. The van der Waals surface area contributed by atoms with Gasteiger partial charge in [0.25, 0.3) is 0 Å². The summed E-state index contributed by atoms with van der Waals surface area (Å²) in [5.74, 6) is 0. The number of hydrogen-bond donors (Lipinski definition) is 0. The van der Waals surface area contributed by atoms with Crippen molar-refractivity contribution in [1.82, 2.24) is 0 Å². The van der Waals surface area contributed by atoms with Gasteiger partial charge >= 0.3 is 0 Å². The second kappa shape index (κ2) is 7.53. The highest BCUT2D eigenvalue weighted by Crippen LogP contribution is 2.34. The maximum Gasteiger partial charge on any atom is 0.180 e. The Balaban J connectivity index is 1.67. The van der Waals surface area contributed by atoms with E-state index in [2.05, 4.69) is 143 Å².